The molecule has 0 aromatic heterocycles. The van der Waals surface area contributed by atoms with Gasteiger partial charge in [0.15, 0.2) is 0 Å². The van der Waals surface area contributed by atoms with Crippen molar-refractivity contribution in [2.24, 2.45) is 0 Å². The van der Waals surface area contributed by atoms with Gasteiger partial charge in [0.2, 0.25) is 0 Å². The van der Waals surface area contributed by atoms with Gasteiger partial charge in [-0.25, -0.2) is 0 Å². The number of aliphatic hydroxyl groups excluding tert-OH is 1. The maximum atomic E-state index is 10.3. The van der Waals surface area contributed by atoms with Gasteiger partial charge in [-0.1, -0.05) is 59.2 Å². The van der Waals surface area contributed by atoms with E-state index in [0.717, 1.165) is 20.9 Å². The number of hydrogen-bond acceptors (Lipinski definition) is 2. The van der Waals surface area contributed by atoms with Crippen LogP contribution in [0.5, 0.6) is 0 Å². The highest BCUT2D eigenvalue weighted by Gasteiger charge is 2.23. The van der Waals surface area contributed by atoms with Crippen molar-refractivity contribution in [2.45, 2.75) is 22.3 Å². The Morgan fingerprint density at radius 1 is 1.11 bits per heavy atom. The lowest BCUT2D eigenvalue weighted by molar-refractivity contribution is 0.175. The highest BCUT2D eigenvalue weighted by atomic mass is 35.5. The molecule has 0 saturated carbocycles. The van der Waals surface area contributed by atoms with E-state index in [0.29, 0.717) is 16.5 Å². The molecule has 1 aliphatic rings. The van der Waals surface area contributed by atoms with Crippen LogP contribution in [0.25, 0.3) is 0 Å². The zero-order valence-electron chi connectivity index (χ0n) is 9.36. The summed E-state index contributed by atoms with van der Waals surface area (Å²) in [6.07, 6.45) is 0.0691. The summed E-state index contributed by atoms with van der Waals surface area (Å²) in [6, 6.07) is 11.6. The van der Waals surface area contributed by atoms with Gasteiger partial charge in [0, 0.05) is 16.2 Å². The molecule has 0 saturated heterocycles. The third kappa shape index (κ3) is 2.04. The predicted octanol–water partition coefficient (Wildman–Crippen LogP) is 4.73. The summed E-state index contributed by atoms with van der Waals surface area (Å²) in [4.78, 5) is 1.99. The minimum atomic E-state index is -0.536. The van der Waals surface area contributed by atoms with Gasteiger partial charge in [0.1, 0.15) is 0 Å². The van der Waals surface area contributed by atoms with Gasteiger partial charge in [-0.2, -0.15) is 0 Å². The third-order valence-corrected chi connectivity index (χ3v) is 5.22. The van der Waals surface area contributed by atoms with Crippen molar-refractivity contribution in [1.82, 2.24) is 0 Å². The maximum absolute atomic E-state index is 10.3. The van der Waals surface area contributed by atoms with Crippen molar-refractivity contribution in [2.75, 3.05) is 0 Å². The topological polar surface area (TPSA) is 20.2 Å². The van der Waals surface area contributed by atoms with Crippen LogP contribution in [0, 0.1) is 0 Å². The van der Waals surface area contributed by atoms with Crippen LogP contribution in [0.4, 0.5) is 0 Å². The first-order valence-corrected chi connectivity index (χ1v) is 7.16. The lowest BCUT2D eigenvalue weighted by Gasteiger charge is -2.12. The molecule has 1 N–H and O–H groups in total. The predicted molar refractivity (Wildman–Crippen MR) is 75.7 cm³/mol. The van der Waals surface area contributed by atoms with Gasteiger partial charge in [-0.3, -0.25) is 0 Å². The van der Waals surface area contributed by atoms with Crippen LogP contribution < -0.4 is 0 Å². The number of fused-ring (bicyclic) bond motifs is 2. The van der Waals surface area contributed by atoms with E-state index < -0.39 is 6.10 Å². The molecule has 18 heavy (non-hydrogen) atoms. The zero-order valence-corrected chi connectivity index (χ0v) is 11.7. The Morgan fingerprint density at radius 3 is 2.72 bits per heavy atom. The molecule has 92 valence electrons. The number of aliphatic hydroxyl groups is 1. The molecule has 1 atom stereocenters. The number of rotatable bonds is 0. The van der Waals surface area contributed by atoms with Crippen LogP contribution in [-0.2, 0) is 6.42 Å². The summed E-state index contributed by atoms with van der Waals surface area (Å²) < 4.78 is 0. The first-order chi connectivity index (χ1) is 8.66. The van der Waals surface area contributed by atoms with Crippen LogP contribution in [0.2, 0.25) is 10.0 Å². The van der Waals surface area contributed by atoms with Crippen molar-refractivity contribution in [3.8, 4) is 0 Å². The molecule has 1 unspecified atom stereocenters. The lowest BCUT2D eigenvalue weighted by atomic mass is 10.0. The molecule has 0 amide bonds. The second-order valence-electron chi connectivity index (χ2n) is 4.21. The van der Waals surface area contributed by atoms with Gasteiger partial charge in [0.25, 0.3) is 0 Å². The molecule has 1 aliphatic heterocycles. The van der Waals surface area contributed by atoms with E-state index in [4.69, 9.17) is 23.2 Å². The molecule has 4 heteroatoms. The third-order valence-electron chi connectivity index (χ3n) is 3.04. The molecular weight excluding hydrogens is 287 g/mol. The summed E-state index contributed by atoms with van der Waals surface area (Å²) in [7, 11) is 0. The standard InChI is InChI=1S/C14H10Cl2OS/c15-10-6-5-9-11(17)7-8-3-1-2-4-12(8)18-14(9)13(10)16/h1-6,11,17H,7H2. The Morgan fingerprint density at radius 2 is 1.89 bits per heavy atom. The number of benzene rings is 2. The summed E-state index contributed by atoms with van der Waals surface area (Å²) >= 11 is 13.9. The Kier molecular flexibility index (Phi) is 3.29. The first kappa shape index (κ1) is 12.4. The molecule has 2 aromatic rings. The fourth-order valence-electron chi connectivity index (χ4n) is 2.11. The van der Waals surface area contributed by atoms with E-state index in [9.17, 15) is 5.11 Å². The monoisotopic (exact) mass is 296 g/mol. The van der Waals surface area contributed by atoms with Crippen molar-refractivity contribution in [3.05, 3.63) is 57.6 Å². The summed E-state index contributed by atoms with van der Waals surface area (Å²) in [5, 5.41) is 11.3. The largest absolute Gasteiger partial charge is 0.388 e. The molecule has 0 fully saturated rings. The smallest absolute Gasteiger partial charge is 0.0842 e. The lowest BCUT2D eigenvalue weighted by Crippen LogP contribution is -2.01. The van der Waals surface area contributed by atoms with Crippen molar-refractivity contribution in [1.29, 1.82) is 0 Å². The highest BCUT2D eigenvalue weighted by Crippen LogP contribution is 2.46. The Hall–Kier alpha value is -0.670. The molecule has 2 aromatic carbocycles. The normalized spacial score (nSPS) is 17.8. The van der Waals surface area contributed by atoms with E-state index in [1.807, 2.05) is 30.3 Å². The zero-order chi connectivity index (χ0) is 12.7. The van der Waals surface area contributed by atoms with Gasteiger partial charge >= 0.3 is 0 Å². The van der Waals surface area contributed by atoms with Crippen molar-refractivity contribution in [3.63, 3.8) is 0 Å². The minimum absolute atomic E-state index is 0.523. The molecule has 0 aliphatic carbocycles. The Bertz CT molecular complexity index is 613. The molecule has 3 rings (SSSR count). The fraction of sp³-hybridized carbons (Fsp3) is 0.143. The van der Waals surface area contributed by atoms with Gasteiger partial charge in [-0.05, 0) is 23.3 Å². The average molecular weight is 297 g/mol. The van der Waals surface area contributed by atoms with E-state index in [1.54, 1.807) is 17.8 Å². The number of halogens is 2. The Balaban J connectivity index is 2.21. The second kappa shape index (κ2) is 4.78. The van der Waals surface area contributed by atoms with E-state index >= 15 is 0 Å². The van der Waals surface area contributed by atoms with E-state index in [-0.39, 0.29) is 0 Å². The summed E-state index contributed by atoms with van der Waals surface area (Å²) in [5.74, 6) is 0. The van der Waals surface area contributed by atoms with E-state index in [1.165, 1.54) is 0 Å². The highest BCUT2D eigenvalue weighted by molar-refractivity contribution is 7.99. The molecule has 0 bridgehead atoms. The van der Waals surface area contributed by atoms with Gasteiger partial charge in [0.05, 0.1) is 16.1 Å². The number of hydrogen-bond donors (Lipinski definition) is 1. The first-order valence-electron chi connectivity index (χ1n) is 5.58. The quantitative estimate of drug-likeness (QED) is 0.758. The van der Waals surface area contributed by atoms with Crippen LogP contribution in [0.3, 0.4) is 0 Å². The molecule has 0 spiro atoms. The molecule has 1 nitrogen and oxygen atoms in total. The van der Waals surface area contributed by atoms with Crippen LogP contribution >= 0.6 is 35.0 Å². The maximum Gasteiger partial charge on any atom is 0.0842 e. The molecule has 0 radical (unpaired) electrons. The van der Waals surface area contributed by atoms with Crippen LogP contribution in [0.15, 0.2) is 46.2 Å². The SMILES string of the molecule is OC1Cc2ccccc2Sc2c1ccc(Cl)c2Cl. The minimum Gasteiger partial charge on any atom is -0.388 e. The van der Waals surface area contributed by atoms with Crippen LogP contribution in [-0.4, -0.2) is 5.11 Å². The summed E-state index contributed by atoms with van der Waals surface area (Å²) in [6.45, 7) is 0. The second-order valence-corrected chi connectivity index (χ2v) is 6.05. The fourth-order valence-corrected chi connectivity index (χ4v) is 3.79. The Labute approximate surface area is 120 Å². The van der Waals surface area contributed by atoms with Crippen molar-refractivity contribution < 1.29 is 5.11 Å². The van der Waals surface area contributed by atoms with E-state index in [2.05, 4.69) is 0 Å². The van der Waals surface area contributed by atoms with Crippen LogP contribution in [0.1, 0.15) is 17.2 Å². The van der Waals surface area contributed by atoms with Gasteiger partial charge in [-0.15, -0.1) is 0 Å². The molecular formula is C14H10Cl2OS. The molecule has 1 heterocycles. The van der Waals surface area contributed by atoms with Gasteiger partial charge < -0.3 is 5.11 Å². The average Bonchev–Trinajstić information content (AvgIpc) is 2.50. The van der Waals surface area contributed by atoms with Crippen molar-refractivity contribution >= 4 is 35.0 Å². The summed E-state index contributed by atoms with van der Waals surface area (Å²) in [5.41, 5.74) is 1.99.